The van der Waals surface area contributed by atoms with Gasteiger partial charge in [-0.3, -0.25) is 4.79 Å². The number of ether oxygens (including phenoxy) is 1. The Kier molecular flexibility index (Phi) is 3.44. The summed E-state index contributed by atoms with van der Waals surface area (Å²) in [5.41, 5.74) is -0.694. The van der Waals surface area contributed by atoms with Gasteiger partial charge in [-0.1, -0.05) is 23.4 Å². The maximum atomic E-state index is 13.0. The molecule has 1 aromatic heterocycles. The molecule has 2 heterocycles. The highest BCUT2D eigenvalue weighted by atomic mass is 19.4. The van der Waals surface area contributed by atoms with Crippen molar-refractivity contribution in [3.8, 4) is 11.4 Å². The van der Waals surface area contributed by atoms with E-state index < -0.39 is 11.7 Å². The Labute approximate surface area is 122 Å². The van der Waals surface area contributed by atoms with Crippen molar-refractivity contribution in [3.63, 3.8) is 0 Å². The number of rotatable bonds is 2. The van der Waals surface area contributed by atoms with Crippen LogP contribution in [0.5, 0.6) is 0 Å². The normalized spacial score (nSPS) is 15.4. The lowest BCUT2D eigenvalue weighted by atomic mass is 10.1. The summed E-state index contributed by atoms with van der Waals surface area (Å²) in [5.74, 6) is -0.394. The molecule has 0 amide bonds. The first-order valence-electron chi connectivity index (χ1n) is 6.28. The average molecular weight is 310 g/mol. The standard InChI is InChI=1S/C14H9F3N2O3/c15-14(16,17)11-4-2-1-3-10(11)12-18-13(22-19-12)8-5-9(20)7-21-6-8/h1-4,6H,5,7H2. The fourth-order valence-electron chi connectivity index (χ4n) is 2.05. The summed E-state index contributed by atoms with van der Waals surface area (Å²) in [5, 5.41) is 3.57. The zero-order valence-corrected chi connectivity index (χ0v) is 11.1. The monoisotopic (exact) mass is 310 g/mol. The fraction of sp³-hybridized carbons (Fsp3) is 0.214. The lowest BCUT2D eigenvalue weighted by Gasteiger charge is -2.10. The third kappa shape index (κ3) is 2.72. The molecular formula is C14H9F3N2O3. The van der Waals surface area contributed by atoms with Gasteiger partial charge in [0.05, 0.1) is 17.4 Å². The minimum atomic E-state index is -4.53. The van der Waals surface area contributed by atoms with E-state index in [2.05, 4.69) is 10.1 Å². The second kappa shape index (κ2) is 5.28. The molecule has 1 aliphatic heterocycles. The number of benzene rings is 1. The highest BCUT2D eigenvalue weighted by Gasteiger charge is 2.34. The summed E-state index contributed by atoms with van der Waals surface area (Å²) in [7, 11) is 0. The molecule has 0 atom stereocenters. The van der Waals surface area contributed by atoms with Gasteiger partial charge in [-0.25, -0.2) is 0 Å². The number of ketones is 1. The highest BCUT2D eigenvalue weighted by molar-refractivity contribution is 5.91. The molecule has 0 fully saturated rings. The molecule has 114 valence electrons. The van der Waals surface area contributed by atoms with Crippen molar-refractivity contribution in [2.45, 2.75) is 12.6 Å². The quantitative estimate of drug-likeness (QED) is 0.853. The first kappa shape index (κ1) is 14.3. The summed E-state index contributed by atoms with van der Waals surface area (Å²) in [6.07, 6.45) is -3.18. The van der Waals surface area contributed by atoms with Gasteiger partial charge in [-0.05, 0) is 6.07 Å². The first-order valence-corrected chi connectivity index (χ1v) is 6.28. The topological polar surface area (TPSA) is 65.2 Å². The van der Waals surface area contributed by atoms with Crippen molar-refractivity contribution >= 4 is 11.4 Å². The van der Waals surface area contributed by atoms with Crippen LogP contribution in [0.15, 0.2) is 35.1 Å². The molecular weight excluding hydrogens is 301 g/mol. The number of halogens is 3. The van der Waals surface area contributed by atoms with Crippen LogP contribution < -0.4 is 0 Å². The van der Waals surface area contributed by atoms with Crippen LogP contribution in [0.1, 0.15) is 17.9 Å². The largest absolute Gasteiger partial charge is 0.493 e. The number of Topliss-reactive ketones (excluding diaryl/α,β-unsaturated/α-hetero) is 1. The third-order valence-corrected chi connectivity index (χ3v) is 3.03. The van der Waals surface area contributed by atoms with Gasteiger partial charge in [-0.2, -0.15) is 18.2 Å². The average Bonchev–Trinajstić information content (AvgIpc) is 2.96. The minimum Gasteiger partial charge on any atom is -0.493 e. The molecule has 0 unspecified atom stereocenters. The van der Waals surface area contributed by atoms with Crippen LogP contribution in [0.4, 0.5) is 13.2 Å². The molecule has 0 N–H and O–H groups in total. The van der Waals surface area contributed by atoms with Gasteiger partial charge in [-0.15, -0.1) is 0 Å². The number of aromatic nitrogens is 2. The van der Waals surface area contributed by atoms with E-state index in [9.17, 15) is 18.0 Å². The molecule has 3 rings (SSSR count). The maximum Gasteiger partial charge on any atom is 0.417 e. The van der Waals surface area contributed by atoms with E-state index in [1.807, 2.05) is 0 Å². The summed E-state index contributed by atoms with van der Waals surface area (Å²) in [6, 6.07) is 4.93. The van der Waals surface area contributed by atoms with E-state index in [1.165, 1.54) is 24.5 Å². The summed E-state index contributed by atoms with van der Waals surface area (Å²) in [6.45, 7) is -0.0403. The van der Waals surface area contributed by atoms with Crippen molar-refractivity contribution in [2.75, 3.05) is 6.61 Å². The van der Waals surface area contributed by atoms with Crippen molar-refractivity contribution in [1.29, 1.82) is 0 Å². The Bertz CT molecular complexity index is 750. The van der Waals surface area contributed by atoms with Crippen molar-refractivity contribution in [3.05, 3.63) is 42.0 Å². The van der Waals surface area contributed by atoms with Gasteiger partial charge in [0.1, 0.15) is 6.61 Å². The Morgan fingerprint density at radius 1 is 1.18 bits per heavy atom. The van der Waals surface area contributed by atoms with E-state index in [-0.39, 0.29) is 36.1 Å². The van der Waals surface area contributed by atoms with Gasteiger partial charge in [0.2, 0.25) is 5.82 Å². The predicted molar refractivity (Wildman–Crippen MR) is 68.3 cm³/mol. The molecule has 0 spiro atoms. The Hall–Kier alpha value is -2.64. The molecule has 5 nitrogen and oxygen atoms in total. The van der Waals surface area contributed by atoms with E-state index >= 15 is 0 Å². The van der Waals surface area contributed by atoms with Crippen LogP contribution >= 0.6 is 0 Å². The summed E-state index contributed by atoms with van der Waals surface area (Å²) >= 11 is 0. The number of nitrogens with zero attached hydrogens (tertiary/aromatic N) is 2. The summed E-state index contributed by atoms with van der Waals surface area (Å²) in [4.78, 5) is 15.2. The zero-order valence-electron chi connectivity index (χ0n) is 11.1. The Morgan fingerprint density at radius 3 is 2.68 bits per heavy atom. The van der Waals surface area contributed by atoms with Crippen molar-refractivity contribution in [2.24, 2.45) is 0 Å². The smallest absolute Gasteiger partial charge is 0.417 e. The minimum absolute atomic E-state index is 0.0278. The lowest BCUT2D eigenvalue weighted by molar-refractivity contribution is -0.137. The number of hydrogen-bond acceptors (Lipinski definition) is 5. The second-order valence-corrected chi connectivity index (χ2v) is 4.64. The van der Waals surface area contributed by atoms with Gasteiger partial charge < -0.3 is 9.26 Å². The first-order chi connectivity index (χ1) is 10.4. The van der Waals surface area contributed by atoms with Gasteiger partial charge in [0, 0.05) is 12.0 Å². The van der Waals surface area contributed by atoms with E-state index in [0.29, 0.717) is 5.57 Å². The van der Waals surface area contributed by atoms with Crippen molar-refractivity contribution < 1.29 is 27.2 Å². The van der Waals surface area contributed by atoms with E-state index in [0.717, 1.165) is 6.07 Å². The van der Waals surface area contributed by atoms with Gasteiger partial charge in [0.15, 0.2) is 5.78 Å². The number of carbonyl (C=O) groups excluding carboxylic acids is 1. The highest BCUT2D eigenvalue weighted by Crippen LogP contribution is 2.36. The predicted octanol–water partition coefficient (Wildman–Crippen LogP) is 3.09. The number of hydrogen-bond donors (Lipinski definition) is 0. The third-order valence-electron chi connectivity index (χ3n) is 3.03. The zero-order chi connectivity index (χ0) is 15.7. The van der Waals surface area contributed by atoms with Crippen LogP contribution in [0.25, 0.3) is 17.0 Å². The van der Waals surface area contributed by atoms with Crippen molar-refractivity contribution in [1.82, 2.24) is 10.1 Å². The molecule has 0 bridgehead atoms. The Morgan fingerprint density at radius 2 is 1.95 bits per heavy atom. The molecule has 1 aromatic carbocycles. The fourth-order valence-corrected chi connectivity index (χ4v) is 2.05. The van der Waals surface area contributed by atoms with E-state index in [4.69, 9.17) is 9.26 Å². The van der Waals surface area contributed by atoms with Gasteiger partial charge in [0.25, 0.3) is 5.89 Å². The number of carbonyl (C=O) groups is 1. The lowest BCUT2D eigenvalue weighted by Crippen LogP contribution is -2.12. The van der Waals surface area contributed by atoms with Crippen LogP contribution in [-0.2, 0) is 15.7 Å². The molecule has 0 radical (unpaired) electrons. The molecule has 22 heavy (non-hydrogen) atoms. The number of allylic oxidation sites excluding steroid dienone is 1. The molecule has 1 aliphatic rings. The van der Waals surface area contributed by atoms with Crippen LogP contribution in [0.3, 0.4) is 0 Å². The summed E-state index contributed by atoms with van der Waals surface area (Å²) < 4.78 is 48.8. The molecule has 8 heteroatoms. The molecule has 0 saturated carbocycles. The molecule has 2 aromatic rings. The van der Waals surface area contributed by atoms with Crippen LogP contribution in [0.2, 0.25) is 0 Å². The van der Waals surface area contributed by atoms with Crippen LogP contribution in [0, 0.1) is 0 Å². The second-order valence-electron chi connectivity index (χ2n) is 4.64. The van der Waals surface area contributed by atoms with Gasteiger partial charge >= 0.3 is 6.18 Å². The Balaban J connectivity index is 1.99. The maximum absolute atomic E-state index is 13.0. The molecule has 0 aliphatic carbocycles. The van der Waals surface area contributed by atoms with Crippen LogP contribution in [-0.4, -0.2) is 22.5 Å². The van der Waals surface area contributed by atoms with E-state index in [1.54, 1.807) is 0 Å². The molecule has 0 saturated heterocycles. The number of alkyl halides is 3. The SMILES string of the molecule is O=C1COC=C(c2nc(-c3ccccc3C(F)(F)F)no2)C1.